The average molecular weight is 512 g/mol. The lowest BCUT2D eigenvalue weighted by Gasteiger charge is -2.36. The van der Waals surface area contributed by atoms with Crippen molar-refractivity contribution in [3.8, 4) is 5.75 Å². The van der Waals surface area contributed by atoms with Crippen LogP contribution in [-0.2, 0) is 17.8 Å². The predicted molar refractivity (Wildman–Crippen MR) is 146 cm³/mol. The third kappa shape index (κ3) is 5.14. The van der Waals surface area contributed by atoms with Gasteiger partial charge < -0.3 is 14.5 Å². The Hall–Kier alpha value is -4.13. The normalized spacial score (nSPS) is 16.9. The Morgan fingerprint density at radius 2 is 1.74 bits per heavy atom. The van der Waals surface area contributed by atoms with E-state index in [1.54, 1.807) is 18.1 Å². The molecule has 2 heterocycles. The van der Waals surface area contributed by atoms with Crippen LogP contribution in [0, 0.1) is 5.92 Å². The standard InChI is InChI=1S/C31H33N3O4/c1-32(20-23-9-4-3-5-10-23)29(35)24-12-8-17-33(21-24)27-15-7-14-26-28(27)31(37)34(30(26)36)18-16-22-11-6-13-25(19-22)38-2/h3-7,9-11,13-15,19,24H,8,12,16-18,20-21H2,1-2H3/t24-/m0/s1. The van der Waals surface area contributed by atoms with Crippen LogP contribution in [0.2, 0.25) is 0 Å². The SMILES string of the molecule is COc1cccc(CCN2C(=O)c3cccc(N4CCC[C@H](C(=O)N(C)Cc5ccccc5)C4)c3C2=O)c1. The molecule has 2 aliphatic heterocycles. The van der Waals surface area contributed by atoms with Crippen LogP contribution in [0.3, 0.4) is 0 Å². The van der Waals surface area contributed by atoms with Crippen LogP contribution >= 0.6 is 0 Å². The molecule has 0 aromatic heterocycles. The highest BCUT2D eigenvalue weighted by Gasteiger charge is 2.39. The van der Waals surface area contributed by atoms with Crippen LogP contribution in [0.5, 0.6) is 5.75 Å². The maximum absolute atomic E-state index is 13.5. The van der Waals surface area contributed by atoms with Crippen LogP contribution < -0.4 is 9.64 Å². The van der Waals surface area contributed by atoms with Crippen LogP contribution in [0.4, 0.5) is 5.69 Å². The highest BCUT2D eigenvalue weighted by molar-refractivity contribution is 6.23. The highest BCUT2D eigenvalue weighted by Crippen LogP contribution is 2.34. The third-order valence-corrected chi connectivity index (χ3v) is 7.49. The molecular formula is C31H33N3O4. The molecule has 1 fully saturated rings. The van der Waals surface area contributed by atoms with Gasteiger partial charge in [0.15, 0.2) is 0 Å². The summed E-state index contributed by atoms with van der Waals surface area (Å²) in [4.78, 5) is 45.3. The van der Waals surface area contributed by atoms with E-state index in [4.69, 9.17) is 4.74 Å². The molecule has 7 heteroatoms. The van der Waals surface area contributed by atoms with Crippen molar-refractivity contribution in [1.82, 2.24) is 9.80 Å². The number of imide groups is 1. The molecule has 1 saturated heterocycles. The summed E-state index contributed by atoms with van der Waals surface area (Å²) in [7, 11) is 3.46. The number of nitrogens with zero attached hydrogens (tertiary/aromatic N) is 3. The van der Waals surface area contributed by atoms with E-state index in [9.17, 15) is 14.4 Å². The van der Waals surface area contributed by atoms with Crippen molar-refractivity contribution < 1.29 is 19.1 Å². The van der Waals surface area contributed by atoms with Gasteiger partial charge in [-0.2, -0.15) is 0 Å². The first-order valence-electron chi connectivity index (χ1n) is 13.1. The van der Waals surface area contributed by atoms with Gasteiger partial charge in [0.05, 0.1) is 29.8 Å². The average Bonchev–Trinajstić information content (AvgIpc) is 3.21. The van der Waals surface area contributed by atoms with Crippen LogP contribution in [0.25, 0.3) is 0 Å². The zero-order valence-electron chi connectivity index (χ0n) is 21.9. The molecule has 5 rings (SSSR count). The van der Waals surface area contributed by atoms with Gasteiger partial charge in [-0.3, -0.25) is 19.3 Å². The Morgan fingerprint density at radius 1 is 0.974 bits per heavy atom. The summed E-state index contributed by atoms with van der Waals surface area (Å²) in [5.41, 5.74) is 3.72. The molecule has 3 amide bonds. The summed E-state index contributed by atoms with van der Waals surface area (Å²) < 4.78 is 5.29. The fourth-order valence-corrected chi connectivity index (χ4v) is 5.50. The second-order valence-electron chi connectivity index (χ2n) is 10.0. The van der Waals surface area contributed by atoms with Crippen LogP contribution in [0.15, 0.2) is 72.8 Å². The fourth-order valence-electron chi connectivity index (χ4n) is 5.50. The first-order chi connectivity index (χ1) is 18.5. The molecule has 2 aliphatic rings. The van der Waals surface area contributed by atoms with Gasteiger partial charge in [0.2, 0.25) is 5.91 Å². The molecule has 0 unspecified atom stereocenters. The first kappa shape index (κ1) is 25.5. The second-order valence-corrected chi connectivity index (χ2v) is 10.0. The first-order valence-corrected chi connectivity index (χ1v) is 13.1. The lowest BCUT2D eigenvalue weighted by Crippen LogP contribution is -2.44. The fraction of sp³-hybridized carbons (Fsp3) is 0.323. The molecule has 0 spiro atoms. The number of rotatable bonds is 8. The number of methoxy groups -OCH3 is 1. The molecule has 0 saturated carbocycles. The zero-order chi connectivity index (χ0) is 26.6. The number of fused-ring (bicyclic) bond motifs is 1. The number of carbonyl (C=O) groups excluding carboxylic acids is 3. The predicted octanol–water partition coefficient (Wildman–Crippen LogP) is 4.41. The molecule has 1 atom stereocenters. The highest BCUT2D eigenvalue weighted by atomic mass is 16.5. The summed E-state index contributed by atoms with van der Waals surface area (Å²) in [6.45, 7) is 2.13. The number of ether oxygens (including phenoxy) is 1. The minimum Gasteiger partial charge on any atom is -0.497 e. The maximum atomic E-state index is 13.5. The maximum Gasteiger partial charge on any atom is 0.263 e. The van der Waals surface area contributed by atoms with Crippen molar-refractivity contribution in [1.29, 1.82) is 0 Å². The van der Waals surface area contributed by atoms with Gasteiger partial charge in [-0.05, 0) is 54.7 Å². The number of anilines is 1. The second kappa shape index (κ2) is 11.1. The van der Waals surface area contributed by atoms with Crippen molar-refractivity contribution >= 4 is 23.4 Å². The molecular weight excluding hydrogens is 478 g/mol. The molecule has 0 N–H and O–H groups in total. The molecule has 0 aliphatic carbocycles. The van der Waals surface area contributed by atoms with E-state index < -0.39 is 0 Å². The number of amides is 3. The minimum atomic E-state index is -0.266. The Morgan fingerprint density at radius 3 is 2.53 bits per heavy atom. The molecule has 0 radical (unpaired) electrons. The summed E-state index contributed by atoms with van der Waals surface area (Å²) >= 11 is 0. The molecule has 3 aromatic carbocycles. The number of piperidine rings is 1. The van der Waals surface area contributed by atoms with Gasteiger partial charge in [0.1, 0.15) is 5.75 Å². The minimum absolute atomic E-state index is 0.105. The van der Waals surface area contributed by atoms with E-state index >= 15 is 0 Å². The van der Waals surface area contributed by atoms with E-state index in [2.05, 4.69) is 4.90 Å². The van der Waals surface area contributed by atoms with Crippen molar-refractivity contribution in [2.24, 2.45) is 5.92 Å². The Bertz CT molecular complexity index is 1340. The quantitative estimate of drug-likeness (QED) is 0.419. The van der Waals surface area contributed by atoms with Crippen molar-refractivity contribution in [2.45, 2.75) is 25.8 Å². The van der Waals surface area contributed by atoms with E-state index in [-0.39, 0.29) is 23.6 Å². The van der Waals surface area contributed by atoms with E-state index in [1.165, 1.54) is 4.90 Å². The van der Waals surface area contributed by atoms with E-state index in [0.717, 1.165) is 42.0 Å². The third-order valence-electron chi connectivity index (χ3n) is 7.49. The van der Waals surface area contributed by atoms with Gasteiger partial charge in [0, 0.05) is 33.2 Å². The van der Waals surface area contributed by atoms with Crippen molar-refractivity contribution in [3.05, 3.63) is 95.1 Å². The lowest BCUT2D eigenvalue weighted by molar-refractivity contribution is -0.135. The Kier molecular flexibility index (Phi) is 7.45. The number of carbonyl (C=O) groups is 3. The van der Waals surface area contributed by atoms with Crippen molar-refractivity contribution in [3.63, 3.8) is 0 Å². The molecule has 0 bridgehead atoms. The van der Waals surface area contributed by atoms with Gasteiger partial charge >= 0.3 is 0 Å². The van der Waals surface area contributed by atoms with Gasteiger partial charge in [-0.1, -0.05) is 48.5 Å². The van der Waals surface area contributed by atoms with E-state index in [1.807, 2.05) is 73.8 Å². The summed E-state index contributed by atoms with van der Waals surface area (Å²) in [5.74, 6) is 0.161. The molecule has 7 nitrogen and oxygen atoms in total. The van der Waals surface area contributed by atoms with Gasteiger partial charge in [-0.25, -0.2) is 0 Å². The summed E-state index contributed by atoms with van der Waals surface area (Å²) in [6.07, 6.45) is 2.20. The monoisotopic (exact) mass is 511 g/mol. The summed E-state index contributed by atoms with van der Waals surface area (Å²) in [6, 6.07) is 23.1. The smallest absolute Gasteiger partial charge is 0.263 e. The van der Waals surface area contributed by atoms with Crippen LogP contribution in [0.1, 0.15) is 44.7 Å². The van der Waals surface area contributed by atoms with Crippen LogP contribution in [-0.4, -0.2) is 61.3 Å². The lowest BCUT2D eigenvalue weighted by atomic mass is 9.94. The topological polar surface area (TPSA) is 70.2 Å². The molecule has 3 aromatic rings. The van der Waals surface area contributed by atoms with Gasteiger partial charge in [-0.15, -0.1) is 0 Å². The van der Waals surface area contributed by atoms with E-state index in [0.29, 0.717) is 37.2 Å². The Balaban J connectivity index is 1.30. The van der Waals surface area contributed by atoms with Crippen molar-refractivity contribution in [2.75, 3.05) is 38.7 Å². The molecule has 38 heavy (non-hydrogen) atoms. The largest absolute Gasteiger partial charge is 0.497 e. The molecule has 196 valence electrons. The number of benzene rings is 3. The number of hydrogen-bond acceptors (Lipinski definition) is 5. The van der Waals surface area contributed by atoms with Gasteiger partial charge in [0.25, 0.3) is 11.8 Å². The summed E-state index contributed by atoms with van der Waals surface area (Å²) in [5, 5.41) is 0. The zero-order valence-corrected chi connectivity index (χ0v) is 21.9. The number of hydrogen-bond donors (Lipinski definition) is 0. The Labute approximate surface area is 223 Å².